The summed E-state index contributed by atoms with van der Waals surface area (Å²) >= 11 is 11.9. The summed E-state index contributed by atoms with van der Waals surface area (Å²) in [5.41, 5.74) is 1.75. The lowest BCUT2D eigenvalue weighted by atomic mass is 10.0. The van der Waals surface area contributed by atoms with E-state index in [4.69, 9.17) is 27.9 Å². The second kappa shape index (κ2) is 8.81. The van der Waals surface area contributed by atoms with E-state index in [1.807, 2.05) is 24.3 Å². The summed E-state index contributed by atoms with van der Waals surface area (Å²) < 4.78 is 17.7. The van der Waals surface area contributed by atoms with Crippen LogP contribution in [0.5, 0.6) is 0 Å². The Balaban J connectivity index is 2.32. The summed E-state index contributed by atoms with van der Waals surface area (Å²) in [6.07, 6.45) is -0.775. The van der Waals surface area contributed by atoms with Gasteiger partial charge in [-0.1, -0.05) is 47.5 Å². The monoisotopic (exact) mass is 372 g/mol. The average Bonchev–Trinajstić information content (AvgIpc) is 2.51. The molecule has 0 fully saturated rings. The first kappa shape index (κ1) is 18.4. The Labute approximate surface area is 148 Å². The minimum Gasteiger partial charge on any atom is -0.390 e. The van der Waals surface area contributed by atoms with Gasteiger partial charge in [0.1, 0.15) is 0 Å². The molecule has 0 aliphatic heterocycles. The van der Waals surface area contributed by atoms with Gasteiger partial charge in [0.15, 0.2) is 0 Å². The van der Waals surface area contributed by atoms with Crippen LogP contribution in [0.1, 0.15) is 16.4 Å². The summed E-state index contributed by atoms with van der Waals surface area (Å²) in [4.78, 5) is 0. The Hall–Kier alpha value is -0.910. The van der Waals surface area contributed by atoms with Crippen LogP contribution in [0.3, 0.4) is 0 Å². The van der Waals surface area contributed by atoms with Crippen LogP contribution < -0.4 is 0 Å². The zero-order valence-corrected chi connectivity index (χ0v) is 14.9. The van der Waals surface area contributed by atoms with Crippen LogP contribution in [-0.4, -0.2) is 34.9 Å². The zero-order valence-electron chi connectivity index (χ0n) is 12.6. The van der Waals surface area contributed by atoms with Crippen LogP contribution in [0.4, 0.5) is 0 Å². The fraction of sp³-hybridized carbons (Fsp3) is 0.294. The van der Waals surface area contributed by atoms with Crippen molar-refractivity contribution < 1.29 is 14.1 Å². The highest BCUT2D eigenvalue weighted by Gasteiger charge is 2.23. The Morgan fingerprint density at radius 3 is 1.83 bits per heavy atom. The molecular formula is C17H18Cl2O3S. The highest BCUT2D eigenvalue weighted by Crippen LogP contribution is 2.30. The molecule has 23 heavy (non-hydrogen) atoms. The third-order valence-electron chi connectivity index (χ3n) is 3.32. The Morgan fingerprint density at radius 2 is 1.43 bits per heavy atom. The van der Waals surface area contributed by atoms with Crippen molar-refractivity contribution in [3.63, 3.8) is 0 Å². The molecular weight excluding hydrogens is 355 g/mol. The number of halogens is 2. The lowest BCUT2D eigenvalue weighted by molar-refractivity contribution is 0.0788. The van der Waals surface area contributed by atoms with Crippen molar-refractivity contribution in [2.75, 3.05) is 19.5 Å². The lowest BCUT2D eigenvalue weighted by Crippen LogP contribution is -2.25. The number of hydrogen-bond donors (Lipinski definition) is 1. The molecule has 0 spiro atoms. The maximum Gasteiger partial charge on any atom is 0.0888 e. The molecule has 0 aliphatic carbocycles. The molecule has 0 heterocycles. The molecule has 6 heteroatoms. The third-order valence-corrected chi connectivity index (χ3v) is 5.61. The topological polar surface area (TPSA) is 46.5 Å². The number of methoxy groups -OCH3 is 1. The van der Waals surface area contributed by atoms with Crippen molar-refractivity contribution in [2.45, 2.75) is 11.4 Å². The van der Waals surface area contributed by atoms with E-state index in [9.17, 15) is 9.32 Å². The summed E-state index contributed by atoms with van der Waals surface area (Å²) in [5, 5.41) is 10.8. The maximum atomic E-state index is 12.8. The molecule has 2 aromatic rings. The second-order valence-corrected chi connectivity index (χ2v) is 7.58. The highest BCUT2D eigenvalue weighted by molar-refractivity contribution is 7.85. The molecule has 124 valence electrons. The van der Waals surface area contributed by atoms with Gasteiger partial charge < -0.3 is 9.84 Å². The van der Waals surface area contributed by atoms with Crippen molar-refractivity contribution >= 4 is 34.0 Å². The molecule has 1 N–H and O–H groups in total. The average molecular weight is 373 g/mol. The van der Waals surface area contributed by atoms with Crippen molar-refractivity contribution in [1.29, 1.82) is 0 Å². The third kappa shape index (κ3) is 5.30. The molecule has 0 saturated heterocycles. The van der Waals surface area contributed by atoms with Gasteiger partial charge in [-0.05, 0) is 35.4 Å². The number of aliphatic hydroxyl groups excluding tert-OH is 1. The van der Waals surface area contributed by atoms with Crippen molar-refractivity contribution in [2.24, 2.45) is 0 Å². The Bertz CT molecular complexity index is 598. The molecule has 0 aromatic heterocycles. The van der Waals surface area contributed by atoms with Crippen LogP contribution in [0.2, 0.25) is 10.0 Å². The first-order valence-electron chi connectivity index (χ1n) is 7.06. The van der Waals surface area contributed by atoms with Gasteiger partial charge >= 0.3 is 0 Å². The van der Waals surface area contributed by atoms with Crippen LogP contribution in [0, 0.1) is 0 Å². The van der Waals surface area contributed by atoms with Crippen molar-refractivity contribution in [3.05, 3.63) is 69.7 Å². The smallest absolute Gasteiger partial charge is 0.0888 e. The van der Waals surface area contributed by atoms with Crippen LogP contribution >= 0.6 is 23.2 Å². The minimum absolute atomic E-state index is 0.129. The number of ether oxygens (including phenoxy) is 1. The number of aliphatic hydroxyl groups is 1. The number of rotatable bonds is 7. The quantitative estimate of drug-likeness (QED) is 0.802. The van der Waals surface area contributed by atoms with E-state index in [2.05, 4.69) is 0 Å². The summed E-state index contributed by atoms with van der Waals surface area (Å²) in [6, 6.07) is 14.5. The van der Waals surface area contributed by atoms with E-state index >= 15 is 0 Å². The number of benzene rings is 2. The van der Waals surface area contributed by atoms with Gasteiger partial charge in [-0.2, -0.15) is 0 Å². The van der Waals surface area contributed by atoms with E-state index in [-0.39, 0.29) is 17.6 Å². The van der Waals surface area contributed by atoms with Crippen LogP contribution in [0.25, 0.3) is 0 Å². The molecule has 0 saturated carbocycles. The van der Waals surface area contributed by atoms with Gasteiger partial charge in [-0.15, -0.1) is 0 Å². The fourth-order valence-electron chi connectivity index (χ4n) is 2.30. The van der Waals surface area contributed by atoms with E-state index in [1.165, 1.54) is 7.11 Å². The van der Waals surface area contributed by atoms with Gasteiger partial charge in [0.2, 0.25) is 0 Å². The molecule has 3 nitrogen and oxygen atoms in total. The molecule has 0 aliphatic rings. The van der Waals surface area contributed by atoms with E-state index in [0.717, 1.165) is 11.1 Å². The predicted molar refractivity (Wildman–Crippen MR) is 95.6 cm³/mol. The summed E-state index contributed by atoms with van der Waals surface area (Å²) in [7, 11) is 0.181. The zero-order chi connectivity index (χ0) is 16.8. The molecule has 2 aromatic carbocycles. The maximum absolute atomic E-state index is 12.8. The van der Waals surface area contributed by atoms with Crippen molar-refractivity contribution in [1.82, 2.24) is 0 Å². The molecule has 2 unspecified atom stereocenters. The van der Waals surface area contributed by atoms with Gasteiger partial charge in [0.25, 0.3) is 0 Å². The molecule has 0 radical (unpaired) electrons. The van der Waals surface area contributed by atoms with Gasteiger partial charge in [0, 0.05) is 28.0 Å². The fourth-order valence-corrected chi connectivity index (χ4v) is 4.14. The lowest BCUT2D eigenvalue weighted by Gasteiger charge is -2.20. The van der Waals surface area contributed by atoms with Crippen LogP contribution in [0.15, 0.2) is 48.5 Å². The minimum atomic E-state index is -1.32. The first-order chi connectivity index (χ1) is 11.0. The van der Waals surface area contributed by atoms with E-state index in [0.29, 0.717) is 10.0 Å². The molecule has 0 amide bonds. The van der Waals surface area contributed by atoms with Gasteiger partial charge in [-0.3, -0.25) is 4.21 Å². The largest absolute Gasteiger partial charge is 0.390 e. The summed E-state index contributed by atoms with van der Waals surface area (Å²) in [5.74, 6) is 0.129. The normalized spacial score (nSPS) is 14.0. The number of hydrogen-bond acceptors (Lipinski definition) is 3. The Morgan fingerprint density at radius 1 is 1.00 bits per heavy atom. The predicted octanol–water partition coefficient (Wildman–Crippen LogP) is 3.84. The van der Waals surface area contributed by atoms with E-state index < -0.39 is 16.9 Å². The SMILES string of the molecule is COCC(O)CS(=O)C(c1ccc(Cl)cc1)c1ccc(Cl)cc1. The van der Waals surface area contributed by atoms with Crippen molar-refractivity contribution in [3.8, 4) is 0 Å². The highest BCUT2D eigenvalue weighted by atomic mass is 35.5. The molecule has 0 bridgehead atoms. The standard InChI is InChI=1S/C17H18Cl2O3S/c1-22-10-16(20)11-23(21)17(12-2-6-14(18)7-3-12)13-4-8-15(19)9-5-13/h2-9,16-17,20H,10-11H2,1H3. The second-order valence-electron chi connectivity index (χ2n) is 5.14. The molecule has 2 rings (SSSR count). The summed E-state index contributed by atoms with van der Waals surface area (Å²) in [6.45, 7) is 0.152. The van der Waals surface area contributed by atoms with Crippen LogP contribution in [-0.2, 0) is 15.5 Å². The van der Waals surface area contributed by atoms with Gasteiger partial charge in [0.05, 0.1) is 23.7 Å². The Kier molecular flexibility index (Phi) is 7.06. The first-order valence-corrected chi connectivity index (χ1v) is 9.20. The molecule has 2 atom stereocenters. The van der Waals surface area contributed by atoms with Gasteiger partial charge in [-0.25, -0.2) is 0 Å². The van der Waals surface area contributed by atoms with E-state index in [1.54, 1.807) is 24.3 Å².